The fraction of sp³-hybridized carbons (Fsp3) is 0.881. The lowest BCUT2D eigenvalue weighted by Crippen LogP contribution is -2.29. The molecule has 0 saturated heterocycles. The van der Waals surface area contributed by atoms with Gasteiger partial charge in [0.2, 0.25) is 0 Å². The minimum absolute atomic E-state index is 0.0458. The summed E-state index contributed by atoms with van der Waals surface area (Å²) in [6.07, 6.45) is 39.8. The number of phosphoric ester groups is 1. The summed E-state index contributed by atoms with van der Waals surface area (Å²) < 4.78 is 33.3. The summed E-state index contributed by atoms with van der Waals surface area (Å²) >= 11 is 0. The molecule has 0 spiro atoms. The largest absolute Gasteiger partial charge is 0.472 e. The molecule has 0 aromatic heterocycles. The van der Waals surface area contributed by atoms with Crippen LogP contribution in [0.3, 0.4) is 0 Å². The van der Waals surface area contributed by atoms with Gasteiger partial charge in [-0.3, -0.25) is 13.8 Å². The van der Waals surface area contributed by atoms with Crippen LogP contribution in [0, 0.1) is 0 Å². The third-order valence-electron chi connectivity index (χ3n) is 9.14. The zero-order chi connectivity index (χ0) is 38.2. The second-order valence-electron chi connectivity index (χ2n) is 14.4. The molecule has 3 N–H and O–H groups in total. The molecular weight excluding hydrogens is 679 g/mol. The number of allylic oxidation sites excluding steroid dienone is 4. The molecule has 52 heavy (non-hydrogen) atoms. The number of carbonyl (C=O) groups is 1. The number of unbranched alkanes of at least 4 members (excludes halogenated alkanes) is 23. The zero-order valence-electron chi connectivity index (χ0n) is 33.5. The quantitative estimate of drug-likeness (QED) is 0.0241. The normalized spacial score (nSPS) is 14.3. The number of hydrogen-bond acceptors (Lipinski definition) is 8. The van der Waals surface area contributed by atoms with Crippen LogP contribution in [0.4, 0.5) is 0 Å². The maximum Gasteiger partial charge on any atom is 0.472 e. The van der Waals surface area contributed by atoms with Gasteiger partial charge in [0.25, 0.3) is 0 Å². The molecule has 0 fully saturated rings. The lowest BCUT2D eigenvalue weighted by molar-refractivity contribution is -0.154. The van der Waals surface area contributed by atoms with Gasteiger partial charge in [-0.1, -0.05) is 167 Å². The van der Waals surface area contributed by atoms with Crippen molar-refractivity contribution in [2.45, 2.75) is 206 Å². The monoisotopic (exact) mass is 761 g/mol. The summed E-state index contributed by atoms with van der Waals surface area (Å²) in [5.74, 6) is -0.384. The van der Waals surface area contributed by atoms with Crippen molar-refractivity contribution in [2.24, 2.45) is 0 Å². The molecule has 0 heterocycles. The molecule has 0 saturated carbocycles. The molecule has 10 heteroatoms. The van der Waals surface area contributed by atoms with Crippen molar-refractivity contribution in [1.82, 2.24) is 0 Å². The summed E-state index contributed by atoms with van der Waals surface area (Å²) in [5.41, 5.74) is 0. The van der Waals surface area contributed by atoms with Crippen LogP contribution in [0.1, 0.15) is 194 Å². The predicted octanol–water partition coefficient (Wildman–Crippen LogP) is 11.5. The molecule has 308 valence electrons. The third-order valence-corrected chi connectivity index (χ3v) is 10.1. The maximum atomic E-state index is 12.6. The fourth-order valence-corrected chi connectivity index (χ4v) is 6.65. The van der Waals surface area contributed by atoms with Crippen LogP contribution in [0.2, 0.25) is 0 Å². The molecule has 0 amide bonds. The Labute approximate surface area is 319 Å². The Hall–Kier alpha value is -1.06. The number of carbonyl (C=O) groups excluding carboxylic acids is 1. The summed E-state index contributed by atoms with van der Waals surface area (Å²) in [4.78, 5) is 22.5. The Kier molecular flexibility index (Phi) is 38.8. The van der Waals surface area contributed by atoms with Crippen molar-refractivity contribution in [3.8, 4) is 0 Å². The summed E-state index contributed by atoms with van der Waals surface area (Å²) in [6.45, 7) is 3.49. The van der Waals surface area contributed by atoms with Crippen LogP contribution in [-0.4, -0.2) is 66.3 Å². The molecule has 3 unspecified atom stereocenters. The van der Waals surface area contributed by atoms with E-state index in [0.29, 0.717) is 6.61 Å². The Balaban J connectivity index is 4.18. The van der Waals surface area contributed by atoms with E-state index in [0.717, 1.165) is 51.4 Å². The summed E-state index contributed by atoms with van der Waals surface area (Å²) in [7, 11) is -4.51. The van der Waals surface area contributed by atoms with Gasteiger partial charge < -0.3 is 24.6 Å². The topological polar surface area (TPSA) is 132 Å². The molecule has 0 bridgehead atoms. The van der Waals surface area contributed by atoms with E-state index < -0.39 is 33.2 Å². The predicted molar refractivity (Wildman–Crippen MR) is 214 cm³/mol. The van der Waals surface area contributed by atoms with E-state index in [9.17, 15) is 19.4 Å². The van der Waals surface area contributed by atoms with Crippen molar-refractivity contribution in [1.29, 1.82) is 0 Å². The smallest absolute Gasteiger partial charge is 0.457 e. The molecule has 0 aliphatic rings. The standard InChI is InChI=1S/C42H81O9P/c1-3-5-7-9-11-13-15-17-19-21-23-25-27-29-31-33-35-48-38-41(39-50-52(46,47)49-37-40(44)36-43)51-42(45)34-32-30-28-26-24-22-20-18-16-14-12-10-8-6-4-2/h11,13,17,19,40-41,43-44H,3-10,12,14-16,18,20-39H2,1-2H3,(H,46,47)/b13-11-,19-17-. The summed E-state index contributed by atoms with van der Waals surface area (Å²) in [5, 5.41) is 18.3. The van der Waals surface area contributed by atoms with Gasteiger partial charge >= 0.3 is 13.8 Å². The molecule has 3 atom stereocenters. The molecule has 0 aromatic rings. The zero-order valence-corrected chi connectivity index (χ0v) is 34.4. The molecule has 0 aliphatic carbocycles. The lowest BCUT2D eigenvalue weighted by Gasteiger charge is -2.20. The van der Waals surface area contributed by atoms with Crippen LogP contribution >= 0.6 is 7.82 Å². The van der Waals surface area contributed by atoms with E-state index >= 15 is 0 Å². The number of phosphoric acid groups is 1. The highest BCUT2D eigenvalue weighted by atomic mass is 31.2. The molecule has 9 nitrogen and oxygen atoms in total. The maximum absolute atomic E-state index is 12.6. The Morgan fingerprint density at radius 3 is 1.58 bits per heavy atom. The minimum atomic E-state index is -4.51. The van der Waals surface area contributed by atoms with E-state index in [1.165, 1.54) is 122 Å². The van der Waals surface area contributed by atoms with E-state index in [2.05, 4.69) is 38.2 Å². The molecule has 0 rings (SSSR count). The first-order valence-corrected chi connectivity index (χ1v) is 22.8. The number of esters is 1. The molecule has 0 radical (unpaired) electrons. The van der Waals surface area contributed by atoms with Crippen molar-refractivity contribution in [3.05, 3.63) is 24.3 Å². The van der Waals surface area contributed by atoms with Crippen LogP contribution < -0.4 is 0 Å². The number of rotatable bonds is 41. The summed E-state index contributed by atoms with van der Waals surface area (Å²) in [6, 6.07) is 0. The second-order valence-corrected chi connectivity index (χ2v) is 15.8. The van der Waals surface area contributed by atoms with Gasteiger partial charge in [-0.05, 0) is 44.9 Å². The number of ether oxygens (including phenoxy) is 2. The first kappa shape index (κ1) is 50.9. The van der Waals surface area contributed by atoms with Gasteiger partial charge in [-0.2, -0.15) is 0 Å². The van der Waals surface area contributed by atoms with E-state index in [-0.39, 0.29) is 25.6 Å². The van der Waals surface area contributed by atoms with Gasteiger partial charge in [0, 0.05) is 13.0 Å². The lowest BCUT2D eigenvalue weighted by atomic mass is 10.0. The SMILES string of the molecule is CCCCC/C=C\C/C=C\CCCCCCCCOCC(COP(=O)(O)OCC(O)CO)OC(=O)CCCCCCCCCCCCCCCCC. The highest BCUT2D eigenvalue weighted by Crippen LogP contribution is 2.43. The second kappa shape index (κ2) is 39.6. The number of aliphatic hydroxyl groups excluding tert-OH is 2. The van der Waals surface area contributed by atoms with Crippen molar-refractivity contribution < 1.29 is 43.0 Å². The highest BCUT2D eigenvalue weighted by Gasteiger charge is 2.26. The molecular formula is C42H81O9P. The van der Waals surface area contributed by atoms with Crippen molar-refractivity contribution >= 4 is 13.8 Å². The first-order valence-electron chi connectivity index (χ1n) is 21.3. The van der Waals surface area contributed by atoms with Crippen LogP contribution in [-0.2, 0) is 27.9 Å². The van der Waals surface area contributed by atoms with E-state index in [4.69, 9.17) is 23.6 Å². The Bertz CT molecular complexity index is 866. The average molecular weight is 761 g/mol. The van der Waals surface area contributed by atoms with Crippen LogP contribution in [0.25, 0.3) is 0 Å². The van der Waals surface area contributed by atoms with Gasteiger partial charge in [0.15, 0.2) is 0 Å². The Morgan fingerprint density at radius 1 is 0.596 bits per heavy atom. The average Bonchev–Trinajstić information content (AvgIpc) is 3.13. The third kappa shape index (κ3) is 38.7. The van der Waals surface area contributed by atoms with Crippen LogP contribution in [0.15, 0.2) is 24.3 Å². The first-order chi connectivity index (χ1) is 25.3. The van der Waals surface area contributed by atoms with Crippen molar-refractivity contribution in [2.75, 3.05) is 33.0 Å². The highest BCUT2D eigenvalue weighted by molar-refractivity contribution is 7.47. The molecule has 0 aliphatic heterocycles. The van der Waals surface area contributed by atoms with Gasteiger partial charge in [-0.25, -0.2) is 4.57 Å². The van der Waals surface area contributed by atoms with E-state index in [1.807, 2.05) is 0 Å². The van der Waals surface area contributed by atoms with Gasteiger partial charge in [0.05, 0.1) is 26.4 Å². The van der Waals surface area contributed by atoms with Gasteiger partial charge in [-0.15, -0.1) is 0 Å². The number of aliphatic hydroxyl groups is 2. The minimum Gasteiger partial charge on any atom is -0.457 e. The van der Waals surface area contributed by atoms with Gasteiger partial charge in [0.1, 0.15) is 12.2 Å². The van der Waals surface area contributed by atoms with E-state index in [1.54, 1.807) is 0 Å². The Morgan fingerprint density at radius 2 is 1.04 bits per heavy atom. The van der Waals surface area contributed by atoms with Crippen molar-refractivity contribution in [3.63, 3.8) is 0 Å². The fourth-order valence-electron chi connectivity index (χ4n) is 5.86. The van der Waals surface area contributed by atoms with Crippen LogP contribution in [0.5, 0.6) is 0 Å². The molecule has 0 aromatic carbocycles. The number of hydrogen-bond donors (Lipinski definition) is 3.